The molecule has 0 atom stereocenters. The number of amidine groups is 1. The quantitative estimate of drug-likeness (QED) is 0.580. The molecule has 4 rings (SSSR count). The third-order valence-electron chi connectivity index (χ3n) is 4.46. The van der Waals surface area contributed by atoms with E-state index in [9.17, 15) is 9.59 Å². The molecular weight excluding hydrogens is 370 g/mol. The Balaban J connectivity index is 0.000000258. The molecule has 0 radical (unpaired) electrons. The number of carbonyl (C=O) groups is 2. The molecule has 3 aromatic rings. The summed E-state index contributed by atoms with van der Waals surface area (Å²) >= 11 is 0. The second-order valence-corrected chi connectivity index (χ2v) is 6.44. The van der Waals surface area contributed by atoms with Gasteiger partial charge in [-0.1, -0.05) is 30.3 Å². The summed E-state index contributed by atoms with van der Waals surface area (Å²) in [6.45, 7) is 0.890. The van der Waals surface area contributed by atoms with Crippen LogP contribution >= 0.6 is 0 Å². The molecule has 29 heavy (non-hydrogen) atoms. The minimum atomic E-state index is -1.26. The van der Waals surface area contributed by atoms with Crippen molar-refractivity contribution in [3.63, 3.8) is 0 Å². The molecule has 3 N–H and O–H groups in total. The third kappa shape index (κ3) is 4.90. The van der Waals surface area contributed by atoms with E-state index in [0.29, 0.717) is 12.2 Å². The zero-order chi connectivity index (χ0) is 20.8. The average Bonchev–Trinajstić information content (AvgIpc) is 3.26. The van der Waals surface area contributed by atoms with Crippen LogP contribution in [0.4, 0.5) is 5.69 Å². The van der Waals surface area contributed by atoms with E-state index in [-0.39, 0.29) is 0 Å². The Kier molecular flexibility index (Phi) is 6.09. The summed E-state index contributed by atoms with van der Waals surface area (Å²) in [5.74, 6) is -1.52. The number of aliphatic imine (C=N–C) groups is 1. The number of aliphatic carboxylic acids is 2. The van der Waals surface area contributed by atoms with Crippen molar-refractivity contribution in [1.29, 1.82) is 0 Å². The molecule has 2 aromatic carbocycles. The van der Waals surface area contributed by atoms with E-state index >= 15 is 0 Å². The van der Waals surface area contributed by atoms with Gasteiger partial charge in [-0.25, -0.2) is 14.6 Å². The van der Waals surface area contributed by atoms with Crippen LogP contribution in [0.2, 0.25) is 0 Å². The summed E-state index contributed by atoms with van der Waals surface area (Å²) in [6.07, 6.45) is 4.19. The third-order valence-corrected chi connectivity index (χ3v) is 4.46. The highest BCUT2D eigenvalue weighted by Gasteiger charge is 2.17. The minimum absolute atomic E-state index is 0.558. The lowest BCUT2D eigenvalue weighted by Crippen LogP contribution is -2.25. The van der Waals surface area contributed by atoms with Crippen molar-refractivity contribution in [2.24, 2.45) is 12.0 Å². The van der Waals surface area contributed by atoms with Gasteiger partial charge in [-0.15, -0.1) is 0 Å². The molecular formula is C22H21N3O4. The Hall–Kier alpha value is -3.87. The number of hydrogen-bond donors (Lipinski definition) is 3. The molecule has 0 bridgehead atoms. The SMILES string of the molecule is Cn1cccc1CCNC1=Nc2cccc3cccc1c23.O=C(O)C=CC(=O)O. The van der Waals surface area contributed by atoms with Crippen LogP contribution in [0, 0.1) is 0 Å². The predicted octanol–water partition coefficient (Wildman–Crippen LogP) is 3.11. The Labute approximate surface area is 167 Å². The molecule has 1 aliphatic rings. The van der Waals surface area contributed by atoms with Crippen LogP contribution in [0.15, 0.2) is 71.9 Å². The maximum absolute atomic E-state index is 9.55. The van der Waals surface area contributed by atoms with Crippen molar-refractivity contribution in [2.75, 3.05) is 6.54 Å². The molecule has 1 aromatic heterocycles. The molecule has 0 unspecified atom stereocenters. The number of nitrogens with one attached hydrogen (secondary N) is 1. The minimum Gasteiger partial charge on any atom is -0.478 e. The molecule has 0 aliphatic carbocycles. The number of aryl methyl sites for hydroxylation is 1. The maximum Gasteiger partial charge on any atom is 0.328 e. The lowest BCUT2D eigenvalue weighted by Gasteiger charge is -2.08. The lowest BCUT2D eigenvalue weighted by atomic mass is 10.0. The van der Waals surface area contributed by atoms with Gasteiger partial charge in [-0.2, -0.15) is 0 Å². The van der Waals surface area contributed by atoms with E-state index in [1.165, 1.54) is 22.0 Å². The number of hydrogen-bond acceptors (Lipinski definition) is 4. The normalized spacial score (nSPS) is 11.8. The molecule has 0 spiro atoms. The van der Waals surface area contributed by atoms with E-state index in [4.69, 9.17) is 15.2 Å². The molecule has 0 saturated heterocycles. The first-order valence-electron chi connectivity index (χ1n) is 9.04. The van der Waals surface area contributed by atoms with Gasteiger partial charge in [0.15, 0.2) is 0 Å². The predicted molar refractivity (Wildman–Crippen MR) is 112 cm³/mol. The molecule has 148 valence electrons. The largest absolute Gasteiger partial charge is 0.478 e. The van der Waals surface area contributed by atoms with Crippen molar-refractivity contribution in [2.45, 2.75) is 6.42 Å². The van der Waals surface area contributed by atoms with Crippen LogP contribution in [0.3, 0.4) is 0 Å². The van der Waals surface area contributed by atoms with Gasteiger partial charge >= 0.3 is 11.9 Å². The maximum atomic E-state index is 9.55. The van der Waals surface area contributed by atoms with Crippen LogP contribution < -0.4 is 5.32 Å². The van der Waals surface area contributed by atoms with Crippen molar-refractivity contribution < 1.29 is 19.8 Å². The number of nitrogens with zero attached hydrogens (tertiary/aromatic N) is 2. The lowest BCUT2D eigenvalue weighted by molar-refractivity contribution is -0.134. The Morgan fingerprint density at radius 1 is 1.03 bits per heavy atom. The van der Waals surface area contributed by atoms with Crippen LogP contribution in [-0.2, 0) is 23.1 Å². The van der Waals surface area contributed by atoms with Crippen molar-refractivity contribution in [3.8, 4) is 0 Å². The first-order valence-corrected chi connectivity index (χ1v) is 9.04. The summed E-state index contributed by atoms with van der Waals surface area (Å²) < 4.78 is 2.16. The Morgan fingerprint density at radius 2 is 1.72 bits per heavy atom. The zero-order valence-corrected chi connectivity index (χ0v) is 15.9. The summed E-state index contributed by atoms with van der Waals surface area (Å²) in [5.41, 5.74) is 3.62. The van der Waals surface area contributed by atoms with Gasteiger partial charge in [0, 0.05) is 55.0 Å². The monoisotopic (exact) mass is 391 g/mol. The van der Waals surface area contributed by atoms with E-state index in [1.807, 2.05) is 0 Å². The summed E-state index contributed by atoms with van der Waals surface area (Å²) in [4.78, 5) is 23.8. The fourth-order valence-electron chi connectivity index (χ4n) is 3.13. The van der Waals surface area contributed by atoms with Crippen LogP contribution in [-0.4, -0.2) is 39.1 Å². The Morgan fingerprint density at radius 3 is 2.34 bits per heavy atom. The first kappa shape index (κ1) is 19.9. The topological polar surface area (TPSA) is 104 Å². The fraction of sp³-hybridized carbons (Fsp3) is 0.136. The first-order chi connectivity index (χ1) is 14.0. The summed E-state index contributed by atoms with van der Waals surface area (Å²) in [5, 5.41) is 21.6. The van der Waals surface area contributed by atoms with E-state index in [2.05, 4.69) is 71.7 Å². The van der Waals surface area contributed by atoms with Crippen molar-refractivity contribution in [3.05, 3.63) is 78.1 Å². The zero-order valence-electron chi connectivity index (χ0n) is 15.9. The van der Waals surface area contributed by atoms with Gasteiger partial charge < -0.3 is 20.1 Å². The van der Waals surface area contributed by atoms with Crippen LogP contribution in [0.1, 0.15) is 11.3 Å². The van der Waals surface area contributed by atoms with Gasteiger partial charge in [-0.3, -0.25) is 0 Å². The second-order valence-electron chi connectivity index (χ2n) is 6.44. The van der Waals surface area contributed by atoms with Gasteiger partial charge in [0.05, 0.1) is 5.69 Å². The molecule has 7 heteroatoms. The smallest absolute Gasteiger partial charge is 0.328 e. The van der Waals surface area contributed by atoms with Crippen molar-refractivity contribution in [1.82, 2.24) is 9.88 Å². The van der Waals surface area contributed by atoms with Gasteiger partial charge in [-0.05, 0) is 23.6 Å². The molecule has 2 heterocycles. The Bertz CT molecular complexity index is 1090. The fourth-order valence-corrected chi connectivity index (χ4v) is 3.13. The molecule has 0 fully saturated rings. The number of rotatable bonds is 5. The average molecular weight is 391 g/mol. The molecule has 1 aliphatic heterocycles. The van der Waals surface area contributed by atoms with Gasteiger partial charge in [0.2, 0.25) is 0 Å². The highest BCUT2D eigenvalue weighted by atomic mass is 16.4. The highest BCUT2D eigenvalue weighted by molar-refractivity contribution is 6.18. The highest BCUT2D eigenvalue weighted by Crippen LogP contribution is 2.34. The van der Waals surface area contributed by atoms with E-state index < -0.39 is 11.9 Å². The van der Waals surface area contributed by atoms with E-state index in [0.717, 1.165) is 24.5 Å². The van der Waals surface area contributed by atoms with Crippen LogP contribution in [0.5, 0.6) is 0 Å². The second kappa shape index (κ2) is 8.88. The molecule has 7 nitrogen and oxygen atoms in total. The molecule has 0 amide bonds. The number of benzene rings is 2. The standard InChI is InChI=1S/C18H17N3.C4H4O4/c1-21-12-4-7-14(21)10-11-19-18-15-8-2-5-13-6-3-9-16(20-18)17(13)15;5-3(6)1-2-4(7)8/h2-9,12H,10-11H2,1H3,(H,19,20);1-2H,(H,5,6)(H,7,8). The molecule has 0 saturated carbocycles. The number of carboxylic acids is 2. The van der Waals surface area contributed by atoms with Gasteiger partial charge in [0.25, 0.3) is 0 Å². The number of carboxylic acid groups (broad SMARTS) is 2. The summed E-state index contributed by atoms with van der Waals surface area (Å²) in [6, 6.07) is 16.9. The summed E-state index contributed by atoms with van der Waals surface area (Å²) in [7, 11) is 2.08. The number of aromatic nitrogens is 1. The van der Waals surface area contributed by atoms with Crippen molar-refractivity contribution >= 4 is 34.2 Å². The van der Waals surface area contributed by atoms with Gasteiger partial charge in [0.1, 0.15) is 5.84 Å². The van der Waals surface area contributed by atoms with Crippen LogP contribution in [0.25, 0.3) is 10.8 Å². The van der Waals surface area contributed by atoms with E-state index in [1.54, 1.807) is 0 Å².